The first-order valence-corrected chi connectivity index (χ1v) is 22.2. The summed E-state index contributed by atoms with van der Waals surface area (Å²) < 4.78 is 75.0. The number of esters is 1. The van der Waals surface area contributed by atoms with Crippen molar-refractivity contribution in [3.05, 3.63) is 135 Å². The number of hydrogen-bond donors (Lipinski definition) is 2. The molecule has 0 saturated carbocycles. The number of aryl methyl sites for hydroxylation is 2. The van der Waals surface area contributed by atoms with Crippen molar-refractivity contribution in [3.8, 4) is 5.75 Å². The van der Waals surface area contributed by atoms with Gasteiger partial charge in [0.25, 0.3) is 11.8 Å². The SMILES string of the molecule is O=C(Oc1c(F)c(F)c(F)c(F)c1F)c1cc2c3c(ccc2[nH]1)N(C(=O)c1cc2c4c(ccc2[nH]1)N(C(=O)c1ccc2nc(/N=N/c5cc6c7c(c5)CCCN7CCC6)sc2c1)CC4)CC3. The molecule has 0 bridgehead atoms. The van der Waals surface area contributed by atoms with Crippen molar-refractivity contribution < 1.29 is 41.1 Å². The molecule has 3 aromatic heterocycles. The lowest BCUT2D eigenvalue weighted by molar-refractivity contribution is 0.0710. The minimum atomic E-state index is -2.38. The van der Waals surface area contributed by atoms with Gasteiger partial charge in [-0.15, -0.1) is 10.2 Å². The predicted molar refractivity (Wildman–Crippen MR) is 238 cm³/mol. The van der Waals surface area contributed by atoms with E-state index in [2.05, 4.69) is 46.9 Å². The first-order chi connectivity index (χ1) is 32.0. The van der Waals surface area contributed by atoms with Crippen LogP contribution in [0, 0.1) is 29.1 Å². The van der Waals surface area contributed by atoms with Gasteiger partial charge in [-0.2, -0.15) is 8.78 Å². The van der Waals surface area contributed by atoms with Crippen LogP contribution in [0.5, 0.6) is 5.75 Å². The number of benzene rings is 5. The lowest BCUT2D eigenvalue weighted by Crippen LogP contribution is -2.34. The van der Waals surface area contributed by atoms with Gasteiger partial charge in [-0.1, -0.05) is 11.3 Å². The fraction of sp³-hybridized carbons (Fsp3) is 0.208. The van der Waals surface area contributed by atoms with E-state index in [0.29, 0.717) is 64.5 Å². The zero-order valence-corrected chi connectivity index (χ0v) is 35.4. The summed E-state index contributed by atoms with van der Waals surface area (Å²) in [5.74, 6) is -15.0. The quantitative estimate of drug-likeness (QED) is 0.0425. The molecule has 66 heavy (non-hydrogen) atoms. The zero-order chi connectivity index (χ0) is 45.1. The monoisotopic (exact) mass is 912 g/mol. The Bertz CT molecular complexity index is 3430. The van der Waals surface area contributed by atoms with E-state index in [1.807, 2.05) is 24.3 Å². The fourth-order valence-electron chi connectivity index (χ4n) is 10.0. The molecule has 0 spiro atoms. The Hall–Kier alpha value is -7.47. The third-order valence-corrected chi connectivity index (χ3v) is 13.9. The van der Waals surface area contributed by atoms with Crippen molar-refractivity contribution in [2.24, 2.45) is 10.2 Å². The van der Waals surface area contributed by atoms with Gasteiger partial charge in [0, 0.05) is 70.6 Å². The molecule has 7 heterocycles. The number of amides is 2. The largest absolute Gasteiger partial charge is 0.415 e. The van der Waals surface area contributed by atoms with Crippen molar-refractivity contribution in [2.75, 3.05) is 40.9 Å². The molecule has 12 rings (SSSR count). The lowest BCUT2D eigenvalue weighted by atomic mass is 9.91. The highest BCUT2D eigenvalue weighted by Gasteiger charge is 2.33. The number of nitrogens with zero attached hydrogens (tertiary/aromatic N) is 6. The Labute approximate surface area is 374 Å². The topological polar surface area (TPSA) is 139 Å². The van der Waals surface area contributed by atoms with E-state index in [1.165, 1.54) is 34.2 Å². The maximum atomic E-state index is 14.2. The second-order valence-electron chi connectivity index (χ2n) is 16.8. The molecule has 0 atom stereocenters. The molecule has 0 fully saturated rings. The van der Waals surface area contributed by atoms with Gasteiger partial charge in [0.1, 0.15) is 11.4 Å². The van der Waals surface area contributed by atoms with Gasteiger partial charge in [0.05, 0.1) is 15.9 Å². The number of aromatic amines is 2. The first kappa shape index (κ1) is 40.1. The zero-order valence-electron chi connectivity index (χ0n) is 34.5. The Balaban J connectivity index is 0.762. The summed E-state index contributed by atoms with van der Waals surface area (Å²) in [5, 5.41) is 10.9. The second-order valence-corrected chi connectivity index (χ2v) is 17.8. The molecule has 4 aliphatic heterocycles. The van der Waals surface area contributed by atoms with E-state index in [-0.39, 0.29) is 17.5 Å². The maximum absolute atomic E-state index is 14.2. The van der Waals surface area contributed by atoms with Crippen LogP contribution in [0.1, 0.15) is 66.4 Å². The van der Waals surface area contributed by atoms with Gasteiger partial charge >= 0.3 is 5.97 Å². The number of halogens is 5. The molecule has 8 aromatic rings. The third-order valence-electron chi connectivity index (χ3n) is 13.0. The number of H-pyrrole nitrogens is 2. The normalized spacial score (nSPS) is 15.4. The van der Waals surface area contributed by atoms with Gasteiger partial charge in [-0.05, 0) is 128 Å². The number of azo groups is 1. The van der Waals surface area contributed by atoms with Crippen molar-refractivity contribution in [1.82, 2.24) is 15.0 Å². The molecule has 5 aromatic carbocycles. The predicted octanol–water partition coefficient (Wildman–Crippen LogP) is 10.7. The van der Waals surface area contributed by atoms with Gasteiger partial charge in [-0.3, -0.25) is 9.59 Å². The molecule has 330 valence electrons. The summed E-state index contributed by atoms with van der Waals surface area (Å²) in [6.07, 6.45) is 5.33. The van der Waals surface area contributed by atoms with Gasteiger partial charge in [-0.25, -0.2) is 22.9 Å². The van der Waals surface area contributed by atoms with Crippen LogP contribution in [0.25, 0.3) is 32.0 Å². The van der Waals surface area contributed by atoms with Crippen LogP contribution < -0.4 is 19.4 Å². The highest BCUT2D eigenvalue weighted by Crippen LogP contribution is 2.41. The van der Waals surface area contributed by atoms with E-state index >= 15 is 0 Å². The third kappa shape index (κ3) is 6.29. The number of carbonyl (C=O) groups excluding carboxylic acids is 3. The Morgan fingerprint density at radius 3 is 1.88 bits per heavy atom. The van der Waals surface area contributed by atoms with Crippen LogP contribution in [-0.2, 0) is 25.7 Å². The molecule has 18 heteroatoms. The molecule has 0 aliphatic carbocycles. The number of hydrogen-bond acceptors (Lipinski definition) is 9. The van der Waals surface area contributed by atoms with Gasteiger partial charge in [0.2, 0.25) is 40.0 Å². The average molecular weight is 913 g/mol. The summed E-state index contributed by atoms with van der Waals surface area (Å²) in [6, 6.07) is 19.9. The Morgan fingerprint density at radius 2 is 1.23 bits per heavy atom. The number of thiazole rings is 1. The number of rotatable bonds is 6. The number of fused-ring (bicyclic) bond motifs is 7. The van der Waals surface area contributed by atoms with Crippen LogP contribution in [-0.4, -0.2) is 58.9 Å². The summed E-state index contributed by atoms with van der Waals surface area (Å²) in [5.41, 5.74) is 10.3. The Kier molecular flexibility index (Phi) is 9.14. The summed E-state index contributed by atoms with van der Waals surface area (Å²) >= 11 is 1.38. The standard InChI is InChI=1S/C48H33F5N8O4S/c49-38-39(50)41(52)44(42(53)40(38)51)65-47(64)34-21-29-27-12-16-61(36(27)10-8-31(29)55-34)46(63)33-20-28-26-11-15-60(35(26)9-7-30(28)54-33)45(62)24-5-6-32-37(19-24)66-48(56-32)58-57-25-17-22-3-1-13-59-14-2-4-23(18-25)43(22)59/h5-10,17-21,54-55H,1-4,11-16H2/b58-57+. The number of ether oxygens (including phenoxy) is 1. The van der Waals surface area contributed by atoms with Gasteiger partial charge in [0.15, 0.2) is 0 Å². The van der Waals surface area contributed by atoms with E-state index in [1.54, 1.807) is 34.1 Å². The molecule has 4 aliphatic rings. The minimum absolute atomic E-state index is 0.158. The van der Waals surface area contributed by atoms with Crippen LogP contribution >= 0.6 is 11.3 Å². The molecule has 0 saturated heterocycles. The average Bonchev–Trinajstić information content (AvgIpc) is 4.18. The van der Waals surface area contributed by atoms with Crippen LogP contribution in [0.3, 0.4) is 0 Å². The van der Waals surface area contributed by atoms with E-state index in [9.17, 15) is 36.3 Å². The highest BCUT2D eigenvalue weighted by molar-refractivity contribution is 7.21. The summed E-state index contributed by atoms with van der Waals surface area (Å²) in [6.45, 7) is 2.96. The van der Waals surface area contributed by atoms with Crippen LogP contribution in [0.4, 0.5) is 49.8 Å². The number of carbonyl (C=O) groups is 3. The molecule has 2 amide bonds. The van der Waals surface area contributed by atoms with Crippen molar-refractivity contribution in [1.29, 1.82) is 0 Å². The lowest BCUT2D eigenvalue weighted by Gasteiger charge is -2.36. The molecule has 12 nitrogen and oxygen atoms in total. The van der Waals surface area contributed by atoms with E-state index in [0.717, 1.165) is 76.8 Å². The molecular formula is C48H33F5N8O4S. The van der Waals surface area contributed by atoms with Crippen LogP contribution in [0.15, 0.2) is 77.0 Å². The highest BCUT2D eigenvalue weighted by atomic mass is 32.1. The molecule has 0 unspecified atom stereocenters. The van der Waals surface area contributed by atoms with E-state index in [4.69, 9.17) is 0 Å². The van der Waals surface area contributed by atoms with Crippen molar-refractivity contribution in [2.45, 2.75) is 38.5 Å². The second kappa shape index (κ2) is 15.0. The molecule has 0 radical (unpaired) electrons. The fourth-order valence-corrected chi connectivity index (χ4v) is 10.9. The van der Waals surface area contributed by atoms with Crippen molar-refractivity contribution >= 4 is 89.0 Å². The van der Waals surface area contributed by atoms with E-state index < -0.39 is 40.8 Å². The maximum Gasteiger partial charge on any atom is 0.360 e. The van der Waals surface area contributed by atoms with Crippen LogP contribution in [0.2, 0.25) is 0 Å². The minimum Gasteiger partial charge on any atom is -0.415 e. The number of aromatic nitrogens is 3. The first-order valence-electron chi connectivity index (χ1n) is 21.4. The van der Waals surface area contributed by atoms with Gasteiger partial charge < -0.3 is 29.4 Å². The molecule has 2 N–H and O–H groups in total. The number of nitrogens with one attached hydrogen (secondary N) is 2. The summed E-state index contributed by atoms with van der Waals surface area (Å²) in [4.78, 5) is 57.6. The Morgan fingerprint density at radius 1 is 0.636 bits per heavy atom. The smallest absolute Gasteiger partial charge is 0.360 e. The number of anilines is 3. The van der Waals surface area contributed by atoms with Crippen molar-refractivity contribution in [3.63, 3.8) is 0 Å². The molecular weight excluding hydrogens is 880 g/mol. The summed E-state index contributed by atoms with van der Waals surface area (Å²) in [7, 11) is 0.